The number of hydrogen-bond acceptors (Lipinski definition) is 9. The highest BCUT2D eigenvalue weighted by Crippen LogP contribution is 2.40. The zero-order chi connectivity index (χ0) is 30.8. The molecule has 222 valence electrons. The lowest BCUT2D eigenvalue weighted by Crippen LogP contribution is -2.40. The van der Waals surface area contributed by atoms with Gasteiger partial charge in [0.05, 0.1) is 40.2 Å². The van der Waals surface area contributed by atoms with Crippen LogP contribution >= 0.6 is 33.9 Å². The van der Waals surface area contributed by atoms with Crippen molar-refractivity contribution >= 4 is 62.7 Å². The number of halogens is 1. The maximum atomic E-state index is 14.2. The fraction of sp³-hybridized carbons (Fsp3) is 0.226. The fourth-order valence-corrected chi connectivity index (χ4v) is 6.88. The smallest absolute Gasteiger partial charge is 0.341 e. The number of methoxy groups -OCH3 is 2. The number of esters is 1. The van der Waals surface area contributed by atoms with Crippen LogP contribution in [0.1, 0.15) is 31.0 Å². The van der Waals surface area contributed by atoms with E-state index in [4.69, 9.17) is 24.1 Å². The number of carbonyl (C=O) groups excluding carboxylic acids is 1. The molecule has 5 rings (SSSR count). The number of allylic oxidation sites excluding steroid dienone is 1. The summed E-state index contributed by atoms with van der Waals surface area (Å²) in [6.45, 7) is 3.09. The van der Waals surface area contributed by atoms with Gasteiger partial charge in [-0.1, -0.05) is 41.7 Å². The van der Waals surface area contributed by atoms with E-state index in [0.717, 1.165) is 10.8 Å². The van der Waals surface area contributed by atoms with E-state index < -0.39 is 24.6 Å². The Balaban J connectivity index is 1.76. The average Bonchev–Trinajstić information content (AvgIpc) is 3.28. The van der Waals surface area contributed by atoms with Crippen LogP contribution < -0.4 is 29.1 Å². The van der Waals surface area contributed by atoms with Crippen LogP contribution in [0.3, 0.4) is 0 Å². The summed E-state index contributed by atoms with van der Waals surface area (Å²) in [6, 6.07) is 14.0. The third kappa shape index (κ3) is 5.76. The van der Waals surface area contributed by atoms with Gasteiger partial charge in [0.15, 0.2) is 22.9 Å². The molecular formula is C31H27IN2O8S. The van der Waals surface area contributed by atoms with E-state index in [9.17, 15) is 14.4 Å². The first kappa shape index (κ1) is 30.3. The van der Waals surface area contributed by atoms with Crippen LogP contribution in [-0.2, 0) is 14.3 Å². The van der Waals surface area contributed by atoms with E-state index in [2.05, 4.69) is 4.99 Å². The molecule has 1 aliphatic rings. The minimum absolute atomic E-state index is 0.159. The van der Waals surface area contributed by atoms with Crippen molar-refractivity contribution in [3.05, 3.63) is 94.2 Å². The Bertz CT molecular complexity index is 1980. The SMILES string of the molecule is CCOC(=O)C1=C(C)N=c2s/c(=C\c3cc(I)c(OCC(=O)O)c(OC)c3)c(=O)n2[C@H]1c1c(OC)ccc2ccccc12. The molecule has 0 spiro atoms. The summed E-state index contributed by atoms with van der Waals surface area (Å²) in [4.78, 5) is 43.7. The summed E-state index contributed by atoms with van der Waals surface area (Å²) in [6.07, 6.45) is 1.70. The van der Waals surface area contributed by atoms with Gasteiger partial charge in [-0.3, -0.25) is 9.36 Å². The number of fused-ring (bicyclic) bond motifs is 2. The second-order valence-corrected chi connectivity index (χ2v) is 11.6. The molecule has 43 heavy (non-hydrogen) atoms. The third-order valence-corrected chi connectivity index (χ3v) is 8.61. The number of aromatic nitrogens is 1. The number of carboxylic acids is 1. The third-order valence-electron chi connectivity index (χ3n) is 6.83. The molecule has 4 aromatic rings. The summed E-state index contributed by atoms with van der Waals surface area (Å²) in [5.74, 6) is -0.536. The predicted molar refractivity (Wildman–Crippen MR) is 170 cm³/mol. The lowest BCUT2D eigenvalue weighted by molar-refractivity contribution is -0.140. The summed E-state index contributed by atoms with van der Waals surface area (Å²) in [7, 11) is 3.00. The molecule has 1 aromatic heterocycles. The van der Waals surface area contributed by atoms with Gasteiger partial charge in [0.2, 0.25) is 0 Å². The maximum Gasteiger partial charge on any atom is 0.341 e. The Labute approximate surface area is 263 Å². The van der Waals surface area contributed by atoms with Crippen LogP contribution in [0.15, 0.2) is 69.6 Å². The van der Waals surface area contributed by atoms with Crippen molar-refractivity contribution in [1.29, 1.82) is 0 Å². The van der Waals surface area contributed by atoms with E-state index in [0.29, 0.717) is 47.0 Å². The average molecular weight is 715 g/mol. The number of aliphatic carboxylic acids is 1. The zero-order valence-corrected chi connectivity index (χ0v) is 26.6. The van der Waals surface area contributed by atoms with Crippen LogP contribution in [0.5, 0.6) is 17.2 Å². The van der Waals surface area contributed by atoms with Gasteiger partial charge in [-0.05, 0) is 77.0 Å². The number of ether oxygens (including phenoxy) is 4. The van der Waals surface area contributed by atoms with Crippen LogP contribution in [0.25, 0.3) is 16.8 Å². The zero-order valence-electron chi connectivity index (χ0n) is 23.7. The number of rotatable bonds is 9. The Morgan fingerprint density at radius 1 is 1.12 bits per heavy atom. The molecule has 0 amide bonds. The molecule has 2 heterocycles. The number of hydrogen-bond donors (Lipinski definition) is 1. The van der Waals surface area contributed by atoms with Crippen molar-refractivity contribution in [2.75, 3.05) is 27.4 Å². The number of thiazole rings is 1. The van der Waals surface area contributed by atoms with Gasteiger partial charge in [0.1, 0.15) is 11.8 Å². The van der Waals surface area contributed by atoms with Crippen LogP contribution in [-0.4, -0.2) is 49.0 Å². The highest BCUT2D eigenvalue weighted by atomic mass is 127. The van der Waals surface area contributed by atoms with Gasteiger partial charge in [-0.15, -0.1) is 0 Å². The first-order valence-corrected chi connectivity index (χ1v) is 15.0. The molecule has 0 fully saturated rings. The first-order chi connectivity index (χ1) is 20.7. The predicted octanol–water partition coefficient (Wildman–Crippen LogP) is 4.04. The number of benzene rings is 3. The van der Waals surface area contributed by atoms with E-state index >= 15 is 0 Å². The molecule has 0 saturated carbocycles. The topological polar surface area (TPSA) is 126 Å². The van der Waals surface area contributed by atoms with Gasteiger partial charge < -0.3 is 24.1 Å². The number of nitrogens with zero attached hydrogens (tertiary/aromatic N) is 2. The van der Waals surface area contributed by atoms with Crippen LogP contribution in [0, 0.1) is 3.57 Å². The molecule has 1 aliphatic heterocycles. The standard InChI is InChI=1S/C31H27IN2O8S/c1-5-41-30(38)25-16(2)33-31-34(27(25)26-19-9-7-6-8-18(19)10-11-21(26)39-3)29(37)23(43-31)14-17-12-20(32)28(22(13-17)40-4)42-15-24(35)36/h6-14,27H,5,15H2,1-4H3,(H,35,36)/b23-14-/t27-/m1/s1. The quantitative estimate of drug-likeness (QED) is 0.204. The molecule has 1 N–H and O–H groups in total. The van der Waals surface area contributed by atoms with Crippen molar-refractivity contribution in [3.63, 3.8) is 0 Å². The van der Waals surface area contributed by atoms with E-state index in [-0.39, 0.29) is 17.7 Å². The maximum absolute atomic E-state index is 14.2. The normalized spacial score (nSPS) is 14.7. The summed E-state index contributed by atoms with van der Waals surface area (Å²) >= 11 is 3.22. The molecule has 0 radical (unpaired) electrons. The summed E-state index contributed by atoms with van der Waals surface area (Å²) < 4.78 is 24.6. The van der Waals surface area contributed by atoms with Crippen LogP contribution in [0.2, 0.25) is 0 Å². The Morgan fingerprint density at radius 2 is 1.86 bits per heavy atom. The molecule has 1 atom stereocenters. The summed E-state index contributed by atoms with van der Waals surface area (Å²) in [5.41, 5.74) is 1.64. The molecule has 3 aromatic carbocycles. The van der Waals surface area contributed by atoms with Crippen LogP contribution in [0.4, 0.5) is 0 Å². The molecule has 12 heteroatoms. The second kappa shape index (κ2) is 12.6. The number of carboxylic acid groups (broad SMARTS) is 1. The van der Waals surface area contributed by atoms with Gasteiger partial charge in [-0.25, -0.2) is 14.6 Å². The molecule has 0 bridgehead atoms. The monoisotopic (exact) mass is 714 g/mol. The largest absolute Gasteiger partial charge is 0.496 e. The molecule has 0 aliphatic carbocycles. The van der Waals surface area contributed by atoms with Crippen molar-refractivity contribution in [3.8, 4) is 17.2 Å². The lowest BCUT2D eigenvalue weighted by atomic mass is 9.90. The molecule has 10 nitrogen and oxygen atoms in total. The first-order valence-electron chi connectivity index (χ1n) is 13.2. The van der Waals surface area contributed by atoms with Crippen molar-refractivity contribution in [2.45, 2.75) is 19.9 Å². The van der Waals surface area contributed by atoms with Gasteiger partial charge in [0, 0.05) is 5.56 Å². The Kier molecular flexibility index (Phi) is 8.87. The van der Waals surface area contributed by atoms with Gasteiger partial charge >= 0.3 is 11.9 Å². The van der Waals surface area contributed by atoms with E-state index in [1.165, 1.54) is 23.0 Å². The fourth-order valence-electron chi connectivity index (χ4n) is 5.05. The van der Waals surface area contributed by atoms with Crippen molar-refractivity contribution in [2.24, 2.45) is 4.99 Å². The lowest BCUT2D eigenvalue weighted by Gasteiger charge is -2.27. The summed E-state index contributed by atoms with van der Waals surface area (Å²) in [5, 5.41) is 10.8. The highest BCUT2D eigenvalue weighted by molar-refractivity contribution is 14.1. The Hall–Kier alpha value is -4.17. The molecule has 0 saturated heterocycles. The highest BCUT2D eigenvalue weighted by Gasteiger charge is 2.36. The minimum Gasteiger partial charge on any atom is -0.496 e. The van der Waals surface area contributed by atoms with Gasteiger partial charge in [0.25, 0.3) is 5.56 Å². The minimum atomic E-state index is -1.11. The van der Waals surface area contributed by atoms with Crippen molar-refractivity contribution < 1.29 is 33.6 Å². The van der Waals surface area contributed by atoms with Gasteiger partial charge in [-0.2, -0.15) is 0 Å². The van der Waals surface area contributed by atoms with E-state index in [1.807, 2.05) is 59.0 Å². The van der Waals surface area contributed by atoms with E-state index in [1.54, 1.807) is 39.2 Å². The van der Waals surface area contributed by atoms with Crippen molar-refractivity contribution in [1.82, 2.24) is 4.57 Å². The Morgan fingerprint density at radius 3 is 2.56 bits per heavy atom. The molecule has 0 unspecified atom stereocenters. The second-order valence-electron chi connectivity index (χ2n) is 9.42. The number of carbonyl (C=O) groups is 2. The molecular weight excluding hydrogens is 687 g/mol.